The average molecular weight is 315 g/mol. The zero-order valence-corrected chi connectivity index (χ0v) is 13.0. The number of rotatable bonds is 4. The maximum Gasteiger partial charge on any atom is 0.323 e. The zero-order valence-electron chi connectivity index (χ0n) is 12.1. The molecule has 2 aromatic rings. The van der Waals surface area contributed by atoms with Crippen LogP contribution in [-0.2, 0) is 6.54 Å². The first-order valence-electron chi connectivity index (χ1n) is 6.74. The van der Waals surface area contributed by atoms with Crippen LogP contribution in [0.1, 0.15) is 11.1 Å². The molecule has 3 N–H and O–H groups in total. The molecule has 2 rings (SSSR count). The molecule has 3 amide bonds. The Morgan fingerprint density at radius 1 is 1.00 bits per heavy atom. The van der Waals surface area contributed by atoms with E-state index in [1.54, 1.807) is 12.1 Å². The Hall–Kier alpha value is -2.47. The Morgan fingerprint density at radius 2 is 1.68 bits per heavy atom. The van der Waals surface area contributed by atoms with Gasteiger partial charge in [0.25, 0.3) is 5.24 Å². The Kier molecular flexibility index (Phi) is 5.43. The predicted octanol–water partition coefficient (Wildman–Crippen LogP) is 3.78. The second-order valence-corrected chi connectivity index (χ2v) is 5.16. The van der Waals surface area contributed by atoms with E-state index in [0.29, 0.717) is 12.2 Å². The summed E-state index contributed by atoms with van der Waals surface area (Å²) in [6.07, 6.45) is 0. The number of para-hydroxylation sites is 1. The van der Waals surface area contributed by atoms with E-state index in [-0.39, 0.29) is 11.3 Å². The SMILES string of the molecule is Cc1ccccc1NC(=O)Nc1ccc(CNC(=O)S)cc1. The van der Waals surface area contributed by atoms with Crippen molar-refractivity contribution in [3.8, 4) is 0 Å². The van der Waals surface area contributed by atoms with E-state index >= 15 is 0 Å². The molecule has 0 aliphatic heterocycles. The van der Waals surface area contributed by atoms with Crippen LogP contribution in [0.15, 0.2) is 48.5 Å². The molecule has 0 aliphatic carbocycles. The molecule has 2 aromatic carbocycles. The van der Waals surface area contributed by atoms with Crippen LogP contribution in [0.3, 0.4) is 0 Å². The van der Waals surface area contributed by atoms with Gasteiger partial charge in [0.1, 0.15) is 0 Å². The van der Waals surface area contributed by atoms with Gasteiger partial charge in [-0.25, -0.2) is 4.79 Å². The molecule has 0 unspecified atom stereocenters. The third-order valence-electron chi connectivity index (χ3n) is 3.05. The molecule has 114 valence electrons. The number of urea groups is 1. The lowest BCUT2D eigenvalue weighted by Gasteiger charge is -2.10. The highest BCUT2D eigenvalue weighted by Crippen LogP contribution is 2.14. The van der Waals surface area contributed by atoms with Gasteiger partial charge in [0.05, 0.1) is 0 Å². The third kappa shape index (κ3) is 4.82. The summed E-state index contributed by atoms with van der Waals surface area (Å²) in [4.78, 5) is 22.7. The number of carbonyl (C=O) groups excluding carboxylic acids is 2. The Balaban J connectivity index is 1.91. The number of anilines is 2. The highest BCUT2D eigenvalue weighted by molar-refractivity contribution is 7.96. The first-order chi connectivity index (χ1) is 10.5. The Bertz CT molecular complexity index is 671. The van der Waals surface area contributed by atoms with Crippen molar-refractivity contribution >= 4 is 35.3 Å². The summed E-state index contributed by atoms with van der Waals surface area (Å²) < 4.78 is 0. The van der Waals surface area contributed by atoms with Crippen molar-refractivity contribution in [1.29, 1.82) is 0 Å². The van der Waals surface area contributed by atoms with Gasteiger partial charge >= 0.3 is 6.03 Å². The van der Waals surface area contributed by atoms with Crippen molar-refractivity contribution in [3.05, 3.63) is 59.7 Å². The molecule has 0 aliphatic rings. The number of amides is 3. The molecule has 0 bridgehead atoms. The molecule has 0 atom stereocenters. The van der Waals surface area contributed by atoms with Crippen LogP contribution in [0.4, 0.5) is 21.0 Å². The molecular formula is C16H17N3O2S. The fourth-order valence-corrected chi connectivity index (χ4v) is 1.96. The van der Waals surface area contributed by atoms with E-state index in [2.05, 4.69) is 28.6 Å². The summed E-state index contributed by atoms with van der Waals surface area (Å²) >= 11 is 3.63. The molecule has 22 heavy (non-hydrogen) atoms. The largest absolute Gasteiger partial charge is 0.343 e. The van der Waals surface area contributed by atoms with Gasteiger partial charge in [0.2, 0.25) is 0 Å². The van der Waals surface area contributed by atoms with E-state index in [1.165, 1.54) is 0 Å². The van der Waals surface area contributed by atoms with Crippen LogP contribution >= 0.6 is 12.6 Å². The lowest BCUT2D eigenvalue weighted by atomic mass is 10.2. The van der Waals surface area contributed by atoms with Gasteiger partial charge < -0.3 is 16.0 Å². The van der Waals surface area contributed by atoms with E-state index in [1.807, 2.05) is 43.3 Å². The highest BCUT2D eigenvalue weighted by atomic mass is 32.1. The maximum atomic E-state index is 11.9. The summed E-state index contributed by atoms with van der Waals surface area (Å²) in [5.74, 6) is 0. The van der Waals surface area contributed by atoms with E-state index in [4.69, 9.17) is 0 Å². The normalized spacial score (nSPS) is 9.91. The van der Waals surface area contributed by atoms with Gasteiger partial charge in [0, 0.05) is 17.9 Å². The highest BCUT2D eigenvalue weighted by Gasteiger charge is 2.04. The smallest absolute Gasteiger partial charge is 0.323 e. The molecule has 0 aromatic heterocycles. The number of hydrogen-bond donors (Lipinski definition) is 4. The minimum absolute atomic E-state index is 0.300. The van der Waals surface area contributed by atoms with Crippen LogP contribution < -0.4 is 16.0 Å². The number of hydrogen-bond acceptors (Lipinski definition) is 2. The van der Waals surface area contributed by atoms with Crippen LogP contribution in [0.25, 0.3) is 0 Å². The quantitative estimate of drug-likeness (QED) is 0.649. The summed E-state index contributed by atoms with van der Waals surface area (Å²) in [6.45, 7) is 2.33. The van der Waals surface area contributed by atoms with Crippen molar-refractivity contribution in [2.24, 2.45) is 0 Å². The molecule has 0 fully saturated rings. The van der Waals surface area contributed by atoms with Crippen molar-refractivity contribution < 1.29 is 9.59 Å². The molecule has 0 spiro atoms. The van der Waals surface area contributed by atoms with Crippen LogP contribution in [0.2, 0.25) is 0 Å². The average Bonchev–Trinajstić information content (AvgIpc) is 2.49. The molecular weight excluding hydrogens is 298 g/mol. The standard InChI is InChI=1S/C16H17N3O2S/c1-11-4-2-3-5-14(11)19-15(20)18-13-8-6-12(7-9-13)10-17-16(21)22/h2-9H,10H2,1H3,(H2,17,21,22)(H2,18,19,20). The van der Waals surface area contributed by atoms with Gasteiger partial charge in [-0.2, -0.15) is 0 Å². The topological polar surface area (TPSA) is 70.2 Å². The lowest BCUT2D eigenvalue weighted by Crippen LogP contribution is -2.20. The van der Waals surface area contributed by atoms with Gasteiger partial charge in [-0.3, -0.25) is 4.79 Å². The van der Waals surface area contributed by atoms with Crippen LogP contribution in [0, 0.1) is 6.92 Å². The number of nitrogens with one attached hydrogen (secondary N) is 3. The van der Waals surface area contributed by atoms with Gasteiger partial charge in [-0.05, 0) is 36.2 Å². The van der Waals surface area contributed by atoms with E-state index < -0.39 is 0 Å². The minimum atomic E-state index is -0.375. The summed E-state index contributed by atoms with van der Waals surface area (Å²) in [5.41, 5.74) is 3.36. The predicted molar refractivity (Wildman–Crippen MR) is 91.5 cm³/mol. The van der Waals surface area contributed by atoms with E-state index in [9.17, 15) is 9.59 Å². The molecule has 0 heterocycles. The molecule has 0 saturated carbocycles. The maximum absolute atomic E-state index is 11.9. The lowest BCUT2D eigenvalue weighted by molar-refractivity contribution is 0.260. The molecule has 5 nitrogen and oxygen atoms in total. The fourth-order valence-electron chi connectivity index (χ4n) is 1.88. The van der Waals surface area contributed by atoms with Crippen molar-refractivity contribution in [3.63, 3.8) is 0 Å². The second kappa shape index (κ2) is 7.51. The summed E-state index contributed by atoms with van der Waals surface area (Å²) in [5, 5.41) is 7.76. The summed E-state index contributed by atoms with van der Waals surface area (Å²) in [6, 6.07) is 14.5. The molecule has 0 saturated heterocycles. The fraction of sp³-hybridized carbons (Fsp3) is 0.125. The Morgan fingerprint density at radius 3 is 2.32 bits per heavy atom. The van der Waals surface area contributed by atoms with Gasteiger partial charge in [-0.15, -0.1) is 0 Å². The molecule has 0 radical (unpaired) electrons. The number of aryl methyl sites for hydroxylation is 1. The van der Waals surface area contributed by atoms with E-state index in [0.717, 1.165) is 16.8 Å². The third-order valence-corrected chi connectivity index (χ3v) is 3.21. The van der Waals surface area contributed by atoms with Crippen LogP contribution in [-0.4, -0.2) is 11.3 Å². The molecule has 6 heteroatoms. The van der Waals surface area contributed by atoms with Crippen molar-refractivity contribution in [1.82, 2.24) is 5.32 Å². The monoisotopic (exact) mass is 315 g/mol. The first kappa shape index (κ1) is 15.9. The minimum Gasteiger partial charge on any atom is -0.343 e. The van der Waals surface area contributed by atoms with Crippen molar-refractivity contribution in [2.75, 3.05) is 10.6 Å². The summed E-state index contributed by atoms with van der Waals surface area (Å²) in [7, 11) is 0. The Labute approximate surface area is 134 Å². The van der Waals surface area contributed by atoms with Crippen molar-refractivity contribution in [2.45, 2.75) is 13.5 Å². The van der Waals surface area contributed by atoms with Crippen LogP contribution in [0.5, 0.6) is 0 Å². The zero-order chi connectivity index (χ0) is 15.9. The number of thiol groups is 1. The van der Waals surface area contributed by atoms with Gasteiger partial charge in [-0.1, -0.05) is 43.0 Å². The first-order valence-corrected chi connectivity index (χ1v) is 7.18. The number of carbonyl (C=O) groups is 2. The second-order valence-electron chi connectivity index (χ2n) is 4.75. The number of benzene rings is 2. The van der Waals surface area contributed by atoms with Gasteiger partial charge in [0.15, 0.2) is 0 Å².